The van der Waals surface area contributed by atoms with Crippen LogP contribution < -0.4 is 5.73 Å². The predicted octanol–water partition coefficient (Wildman–Crippen LogP) is 2.74. The number of carbonyl (C=O) groups is 3. The molecule has 2 aromatic heterocycles. The number of hydrogen-bond acceptors (Lipinski definition) is 8. The number of nitrogens with one attached hydrogen (secondary N) is 1. The van der Waals surface area contributed by atoms with Crippen molar-refractivity contribution in [2.45, 2.75) is 6.61 Å². The van der Waals surface area contributed by atoms with Crippen LogP contribution in [-0.4, -0.2) is 37.1 Å². The van der Waals surface area contributed by atoms with E-state index in [1.165, 1.54) is 20.4 Å². The molecule has 2 heterocycles. The van der Waals surface area contributed by atoms with Crippen LogP contribution in [0.25, 0.3) is 10.9 Å². The summed E-state index contributed by atoms with van der Waals surface area (Å²) < 4.78 is 14.8. The average molecular weight is 388 g/mol. The van der Waals surface area contributed by atoms with Gasteiger partial charge in [-0.25, -0.2) is 14.4 Å². The van der Waals surface area contributed by atoms with Gasteiger partial charge in [-0.3, -0.25) is 0 Å². The van der Waals surface area contributed by atoms with Gasteiger partial charge in [0.15, 0.2) is 0 Å². The molecule has 0 spiro atoms. The van der Waals surface area contributed by atoms with Crippen LogP contribution in [0.3, 0.4) is 0 Å². The van der Waals surface area contributed by atoms with E-state index in [0.717, 1.165) is 16.9 Å². The van der Waals surface area contributed by atoms with Gasteiger partial charge in [-0.05, 0) is 6.07 Å². The maximum absolute atomic E-state index is 12.5. The number of fused-ring (bicyclic) bond motifs is 1. The van der Waals surface area contributed by atoms with Gasteiger partial charge in [-0.2, -0.15) is 0 Å². The molecule has 0 aliphatic carbocycles. The Balaban J connectivity index is 1.91. The molecule has 0 aliphatic rings. The highest BCUT2D eigenvalue weighted by Crippen LogP contribution is 2.33. The van der Waals surface area contributed by atoms with Gasteiger partial charge in [0, 0.05) is 22.7 Å². The van der Waals surface area contributed by atoms with Gasteiger partial charge in [0.1, 0.15) is 22.0 Å². The summed E-state index contributed by atoms with van der Waals surface area (Å²) in [6, 6.07) is 7.26. The lowest BCUT2D eigenvalue weighted by Crippen LogP contribution is -2.12. The summed E-state index contributed by atoms with van der Waals surface area (Å²) in [5, 5.41) is 0.786. The zero-order valence-electron chi connectivity index (χ0n) is 14.5. The van der Waals surface area contributed by atoms with Gasteiger partial charge in [0.2, 0.25) is 0 Å². The second-order valence-corrected chi connectivity index (χ2v) is 6.51. The Bertz CT molecular complexity index is 1040. The smallest absolute Gasteiger partial charge is 0.348 e. The third kappa shape index (κ3) is 3.36. The lowest BCUT2D eigenvalue weighted by atomic mass is 10.1. The SMILES string of the molecule is COC(=O)c1sc(N)c(C(=O)OC)c1COC(=O)c1c[nH]c2ccccc12. The third-order valence-electron chi connectivity index (χ3n) is 3.95. The summed E-state index contributed by atoms with van der Waals surface area (Å²) in [5.41, 5.74) is 7.13. The van der Waals surface area contributed by atoms with Crippen LogP contribution in [0, 0.1) is 0 Å². The number of rotatable bonds is 5. The van der Waals surface area contributed by atoms with E-state index in [0.29, 0.717) is 10.9 Å². The molecule has 0 amide bonds. The molecule has 8 nitrogen and oxygen atoms in total. The fraction of sp³-hybridized carbons (Fsp3) is 0.167. The molecule has 0 aliphatic heterocycles. The zero-order chi connectivity index (χ0) is 19.6. The number of para-hydroxylation sites is 1. The first kappa shape index (κ1) is 18.5. The largest absolute Gasteiger partial charge is 0.465 e. The monoisotopic (exact) mass is 388 g/mol. The van der Waals surface area contributed by atoms with Crippen LogP contribution in [0.15, 0.2) is 30.5 Å². The highest BCUT2D eigenvalue weighted by atomic mass is 32.1. The van der Waals surface area contributed by atoms with E-state index in [4.69, 9.17) is 19.9 Å². The van der Waals surface area contributed by atoms with Crippen molar-refractivity contribution in [2.75, 3.05) is 20.0 Å². The molecule has 3 aromatic rings. The third-order valence-corrected chi connectivity index (χ3v) is 4.99. The Morgan fingerprint density at radius 2 is 1.78 bits per heavy atom. The quantitative estimate of drug-likeness (QED) is 0.509. The van der Waals surface area contributed by atoms with E-state index in [9.17, 15) is 14.4 Å². The second kappa shape index (κ2) is 7.50. The number of nitrogen functional groups attached to an aromatic ring is 1. The fourth-order valence-electron chi connectivity index (χ4n) is 2.66. The highest BCUT2D eigenvalue weighted by Gasteiger charge is 2.28. The number of hydrogen-bond donors (Lipinski definition) is 2. The first-order valence-electron chi connectivity index (χ1n) is 7.79. The highest BCUT2D eigenvalue weighted by molar-refractivity contribution is 7.18. The molecule has 0 atom stereocenters. The molecule has 9 heteroatoms. The minimum absolute atomic E-state index is 0.00498. The summed E-state index contributed by atoms with van der Waals surface area (Å²) in [7, 11) is 2.40. The molecule has 0 saturated carbocycles. The molecular formula is C18H16N2O6S. The predicted molar refractivity (Wildman–Crippen MR) is 98.8 cm³/mol. The number of esters is 3. The van der Waals surface area contributed by atoms with Gasteiger partial charge in [-0.15, -0.1) is 11.3 Å². The van der Waals surface area contributed by atoms with Crippen molar-refractivity contribution in [1.82, 2.24) is 4.98 Å². The van der Waals surface area contributed by atoms with Crippen molar-refractivity contribution in [3.63, 3.8) is 0 Å². The molecule has 0 unspecified atom stereocenters. The maximum atomic E-state index is 12.5. The topological polar surface area (TPSA) is 121 Å². The number of aromatic amines is 1. The van der Waals surface area contributed by atoms with Crippen molar-refractivity contribution < 1.29 is 28.6 Å². The van der Waals surface area contributed by atoms with E-state index in [2.05, 4.69) is 4.98 Å². The Labute approximate surface area is 157 Å². The number of methoxy groups -OCH3 is 2. The van der Waals surface area contributed by atoms with E-state index in [1.54, 1.807) is 12.1 Å². The van der Waals surface area contributed by atoms with Crippen molar-refractivity contribution >= 4 is 45.1 Å². The average Bonchev–Trinajstić information content (AvgIpc) is 3.26. The molecule has 0 fully saturated rings. The number of anilines is 1. The lowest BCUT2D eigenvalue weighted by Gasteiger charge is -2.07. The normalized spacial score (nSPS) is 10.6. The molecule has 1 aromatic carbocycles. The Hall–Kier alpha value is -3.33. The first-order chi connectivity index (χ1) is 13.0. The molecule has 140 valence electrons. The van der Waals surface area contributed by atoms with Crippen molar-refractivity contribution in [2.24, 2.45) is 0 Å². The van der Waals surface area contributed by atoms with Crippen LogP contribution in [0.2, 0.25) is 0 Å². The Morgan fingerprint density at radius 1 is 1.07 bits per heavy atom. The number of H-pyrrole nitrogens is 1. The van der Waals surface area contributed by atoms with E-state index < -0.39 is 17.9 Å². The van der Waals surface area contributed by atoms with Crippen LogP contribution in [0.1, 0.15) is 36.0 Å². The van der Waals surface area contributed by atoms with Crippen LogP contribution in [0.5, 0.6) is 0 Å². The van der Waals surface area contributed by atoms with E-state index in [1.807, 2.05) is 12.1 Å². The first-order valence-corrected chi connectivity index (χ1v) is 8.60. The van der Waals surface area contributed by atoms with E-state index in [-0.39, 0.29) is 27.6 Å². The Morgan fingerprint density at radius 3 is 2.48 bits per heavy atom. The van der Waals surface area contributed by atoms with E-state index >= 15 is 0 Å². The second-order valence-electron chi connectivity index (χ2n) is 5.46. The van der Waals surface area contributed by atoms with Crippen molar-refractivity contribution in [3.8, 4) is 0 Å². The Kier molecular flexibility index (Phi) is 5.13. The van der Waals surface area contributed by atoms with Crippen molar-refractivity contribution in [3.05, 3.63) is 52.0 Å². The van der Waals surface area contributed by atoms with Gasteiger partial charge in [0.05, 0.1) is 19.8 Å². The standard InChI is InChI=1S/C18H16N2O6S/c1-24-17(22)13-11(14(18(23)25-2)27-15(13)19)8-26-16(21)10-7-20-12-6-4-3-5-9(10)12/h3-7,20H,8,19H2,1-2H3. The van der Waals surface area contributed by atoms with Crippen LogP contribution in [0.4, 0.5) is 5.00 Å². The zero-order valence-corrected chi connectivity index (χ0v) is 15.3. The van der Waals surface area contributed by atoms with Crippen LogP contribution in [-0.2, 0) is 20.8 Å². The number of nitrogens with two attached hydrogens (primary N) is 1. The minimum Gasteiger partial charge on any atom is -0.465 e. The minimum atomic E-state index is -0.725. The summed E-state index contributed by atoms with van der Waals surface area (Å²) >= 11 is 0.874. The molecule has 0 saturated heterocycles. The summed E-state index contributed by atoms with van der Waals surface area (Å²) in [6.45, 7) is -0.332. The van der Waals surface area contributed by atoms with Gasteiger partial charge < -0.3 is 24.9 Å². The lowest BCUT2D eigenvalue weighted by molar-refractivity contribution is 0.0454. The molecule has 27 heavy (non-hydrogen) atoms. The van der Waals surface area contributed by atoms with Gasteiger partial charge >= 0.3 is 17.9 Å². The number of aromatic nitrogens is 1. The number of carbonyl (C=O) groups excluding carboxylic acids is 3. The number of ether oxygens (including phenoxy) is 3. The fourth-order valence-corrected chi connectivity index (χ4v) is 3.64. The summed E-state index contributed by atoms with van der Waals surface area (Å²) in [5.74, 6) is -2.01. The molecular weight excluding hydrogens is 372 g/mol. The molecule has 3 rings (SSSR count). The number of thiophene rings is 1. The van der Waals surface area contributed by atoms with Gasteiger partial charge in [-0.1, -0.05) is 18.2 Å². The summed E-state index contributed by atoms with van der Waals surface area (Å²) in [4.78, 5) is 39.6. The molecule has 0 radical (unpaired) electrons. The number of benzene rings is 1. The van der Waals surface area contributed by atoms with Crippen molar-refractivity contribution in [1.29, 1.82) is 0 Å². The summed E-state index contributed by atoms with van der Waals surface area (Å²) in [6.07, 6.45) is 1.54. The molecule has 3 N–H and O–H groups in total. The van der Waals surface area contributed by atoms with Crippen LogP contribution >= 0.6 is 11.3 Å². The molecule has 0 bridgehead atoms. The van der Waals surface area contributed by atoms with Gasteiger partial charge in [0.25, 0.3) is 0 Å². The maximum Gasteiger partial charge on any atom is 0.348 e.